The van der Waals surface area contributed by atoms with Crippen LogP contribution in [0.3, 0.4) is 0 Å². The maximum atomic E-state index is 12.1. The molecule has 2 aromatic rings. The van der Waals surface area contributed by atoms with Gasteiger partial charge in [0.15, 0.2) is 0 Å². The first-order valence-corrected chi connectivity index (χ1v) is 6.44. The average molecular weight is 305 g/mol. The van der Waals surface area contributed by atoms with E-state index in [0.717, 1.165) is 0 Å². The van der Waals surface area contributed by atoms with Gasteiger partial charge in [-0.15, -0.1) is 0 Å². The van der Waals surface area contributed by atoms with Crippen molar-refractivity contribution >= 4 is 29.1 Å². The first kappa shape index (κ1) is 14.9. The highest BCUT2D eigenvalue weighted by Gasteiger charge is 2.11. The second-order valence-electron chi connectivity index (χ2n) is 4.24. The summed E-state index contributed by atoms with van der Waals surface area (Å²) >= 11 is 6.03. The number of benzene rings is 2. The van der Waals surface area contributed by atoms with E-state index in [1.54, 1.807) is 30.3 Å². The molecule has 0 aliphatic heterocycles. The van der Waals surface area contributed by atoms with Gasteiger partial charge in [0.1, 0.15) is 5.75 Å². The molecule has 108 valence electrons. The summed E-state index contributed by atoms with van der Waals surface area (Å²) in [6, 6.07) is 11.0. The number of anilines is 1. The summed E-state index contributed by atoms with van der Waals surface area (Å²) in [6.07, 6.45) is 0. The summed E-state index contributed by atoms with van der Waals surface area (Å²) in [5.41, 5.74) is 6.39. The molecule has 0 saturated heterocycles. The third kappa shape index (κ3) is 3.52. The Balaban J connectivity index is 2.16. The van der Waals surface area contributed by atoms with Gasteiger partial charge in [-0.3, -0.25) is 9.59 Å². The Kier molecular flexibility index (Phi) is 4.45. The molecule has 2 aromatic carbocycles. The molecule has 0 heterocycles. The summed E-state index contributed by atoms with van der Waals surface area (Å²) in [7, 11) is 1.52. The van der Waals surface area contributed by atoms with Crippen LogP contribution in [0, 0.1) is 0 Å². The van der Waals surface area contributed by atoms with Crippen LogP contribution in [0.2, 0.25) is 5.02 Å². The Bertz CT molecular complexity index is 684. The molecule has 0 aliphatic rings. The lowest BCUT2D eigenvalue weighted by Gasteiger charge is -2.08. The minimum atomic E-state index is -0.522. The van der Waals surface area contributed by atoms with E-state index in [1.165, 1.54) is 19.2 Å². The van der Waals surface area contributed by atoms with Gasteiger partial charge in [0.25, 0.3) is 5.91 Å². The number of halogens is 1. The Morgan fingerprint density at radius 1 is 1.14 bits per heavy atom. The van der Waals surface area contributed by atoms with Crippen molar-refractivity contribution in [2.75, 3.05) is 12.4 Å². The van der Waals surface area contributed by atoms with Crippen molar-refractivity contribution in [3.63, 3.8) is 0 Å². The molecular weight excluding hydrogens is 292 g/mol. The van der Waals surface area contributed by atoms with Gasteiger partial charge in [0, 0.05) is 11.3 Å². The number of nitrogens with one attached hydrogen (secondary N) is 1. The molecule has 2 amide bonds. The zero-order valence-corrected chi connectivity index (χ0v) is 12.0. The molecule has 0 atom stereocenters. The van der Waals surface area contributed by atoms with E-state index in [2.05, 4.69) is 5.32 Å². The molecule has 21 heavy (non-hydrogen) atoms. The Labute approximate surface area is 126 Å². The van der Waals surface area contributed by atoms with E-state index in [1.807, 2.05) is 0 Å². The smallest absolute Gasteiger partial charge is 0.257 e. The summed E-state index contributed by atoms with van der Waals surface area (Å²) < 4.78 is 5.02. The largest absolute Gasteiger partial charge is 0.497 e. The summed E-state index contributed by atoms with van der Waals surface area (Å²) in [5, 5.41) is 2.98. The second kappa shape index (κ2) is 6.28. The summed E-state index contributed by atoms with van der Waals surface area (Å²) in [6.45, 7) is 0. The molecule has 2 rings (SSSR count). The monoisotopic (exact) mass is 304 g/mol. The fourth-order valence-electron chi connectivity index (χ4n) is 1.72. The zero-order chi connectivity index (χ0) is 15.4. The van der Waals surface area contributed by atoms with E-state index in [4.69, 9.17) is 22.1 Å². The van der Waals surface area contributed by atoms with Crippen LogP contribution < -0.4 is 15.8 Å². The second-order valence-corrected chi connectivity index (χ2v) is 4.65. The normalized spacial score (nSPS) is 10.0. The summed E-state index contributed by atoms with van der Waals surface area (Å²) in [4.78, 5) is 23.1. The van der Waals surface area contributed by atoms with Crippen LogP contribution >= 0.6 is 11.6 Å². The van der Waals surface area contributed by atoms with E-state index in [9.17, 15) is 9.59 Å². The predicted octanol–water partition coefficient (Wildman–Crippen LogP) is 2.70. The number of nitrogens with two attached hydrogens (primary N) is 1. The summed E-state index contributed by atoms with van der Waals surface area (Å²) in [5.74, 6) is -0.303. The predicted molar refractivity (Wildman–Crippen MR) is 80.9 cm³/mol. The highest BCUT2D eigenvalue weighted by atomic mass is 35.5. The van der Waals surface area contributed by atoms with Crippen molar-refractivity contribution < 1.29 is 14.3 Å². The van der Waals surface area contributed by atoms with Crippen molar-refractivity contribution in [1.29, 1.82) is 0 Å². The molecule has 0 aromatic heterocycles. The first-order valence-electron chi connectivity index (χ1n) is 6.06. The molecule has 3 N–H and O–H groups in total. The quantitative estimate of drug-likeness (QED) is 0.911. The van der Waals surface area contributed by atoms with E-state index in [0.29, 0.717) is 27.6 Å². The topological polar surface area (TPSA) is 81.4 Å². The van der Waals surface area contributed by atoms with Gasteiger partial charge >= 0.3 is 0 Å². The Morgan fingerprint density at radius 2 is 1.81 bits per heavy atom. The average Bonchev–Trinajstić information content (AvgIpc) is 2.47. The minimum absolute atomic E-state index is 0.292. The SMILES string of the molecule is COc1ccc(C(=O)Nc2ccc(C(N)=O)cc2)c(Cl)c1. The number of rotatable bonds is 4. The molecule has 0 spiro atoms. The Hall–Kier alpha value is -2.53. The van der Waals surface area contributed by atoms with Crippen molar-refractivity contribution in [2.24, 2.45) is 5.73 Å². The van der Waals surface area contributed by atoms with Crippen molar-refractivity contribution in [1.82, 2.24) is 0 Å². The van der Waals surface area contributed by atoms with Crippen molar-refractivity contribution in [2.45, 2.75) is 0 Å². The molecule has 0 unspecified atom stereocenters. The van der Waals surface area contributed by atoms with Gasteiger partial charge in [-0.05, 0) is 42.5 Å². The first-order chi connectivity index (χ1) is 10.0. The maximum Gasteiger partial charge on any atom is 0.257 e. The third-order valence-electron chi connectivity index (χ3n) is 2.85. The third-order valence-corrected chi connectivity index (χ3v) is 3.16. The lowest BCUT2D eigenvalue weighted by atomic mass is 10.1. The van der Waals surface area contributed by atoms with Crippen LogP contribution in [0.15, 0.2) is 42.5 Å². The fraction of sp³-hybridized carbons (Fsp3) is 0.0667. The molecule has 0 fully saturated rings. The van der Waals surface area contributed by atoms with E-state index in [-0.39, 0.29) is 5.91 Å². The Morgan fingerprint density at radius 3 is 2.33 bits per heavy atom. The van der Waals surface area contributed by atoms with Crippen molar-refractivity contribution in [3.8, 4) is 5.75 Å². The van der Waals surface area contributed by atoms with Gasteiger partial charge in [-0.25, -0.2) is 0 Å². The number of methoxy groups -OCH3 is 1. The number of amides is 2. The maximum absolute atomic E-state index is 12.1. The number of hydrogen-bond acceptors (Lipinski definition) is 3. The molecule has 5 nitrogen and oxygen atoms in total. The van der Waals surface area contributed by atoms with Gasteiger partial charge < -0.3 is 15.8 Å². The number of carbonyl (C=O) groups is 2. The number of primary amides is 1. The van der Waals surface area contributed by atoms with Gasteiger partial charge in [-0.2, -0.15) is 0 Å². The molecule has 0 aliphatic carbocycles. The molecule has 0 bridgehead atoms. The molecule has 0 saturated carbocycles. The standard InChI is InChI=1S/C15H13ClN2O3/c1-21-11-6-7-12(13(16)8-11)15(20)18-10-4-2-9(3-5-10)14(17)19/h2-8H,1H3,(H2,17,19)(H,18,20). The number of hydrogen-bond donors (Lipinski definition) is 2. The highest BCUT2D eigenvalue weighted by molar-refractivity contribution is 6.34. The number of ether oxygens (including phenoxy) is 1. The highest BCUT2D eigenvalue weighted by Crippen LogP contribution is 2.23. The van der Waals surface area contributed by atoms with Gasteiger partial charge in [-0.1, -0.05) is 11.6 Å². The van der Waals surface area contributed by atoms with Crippen LogP contribution in [-0.2, 0) is 0 Å². The van der Waals surface area contributed by atoms with Crippen LogP contribution in [-0.4, -0.2) is 18.9 Å². The molecule has 6 heteroatoms. The number of carbonyl (C=O) groups excluding carboxylic acids is 2. The molecule has 0 radical (unpaired) electrons. The van der Waals surface area contributed by atoms with Crippen LogP contribution in [0.25, 0.3) is 0 Å². The zero-order valence-electron chi connectivity index (χ0n) is 11.2. The van der Waals surface area contributed by atoms with Crippen LogP contribution in [0.5, 0.6) is 5.75 Å². The molecular formula is C15H13ClN2O3. The van der Waals surface area contributed by atoms with Crippen LogP contribution in [0.4, 0.5) is 5.69 Å². The lowest BCUT2D eigenvalue weighted by Crippen LogP contribution is -2.13. The van der Waals surface area contributed by atoms with Crippen LogP contribution in [0.1, 0.15) is 20.7 Å². The fourth-order valence-corrected chi connectivity index (χ4v) is 1.98. The van der Waals surface area contributed by atoms with Crippen molar-refractivity contribution in [3.05, 3.63) is 58.6 Å². The van der Waals surface area contributed by atoms with E-state index >= 15 is 0 Å². The van der Waals surface area contributed by atoms with Gasteiger partial charge in [0.2, 0.25) is 5.91 Å². The lowest BCUT2D eigenvalue weighted by molar-refractivity contribution is 0.0998. The van der Waals surface area contributed by atoms with Gasteiger partial charge in [0.05, 0.1) is 17.7 Å². The van der Waals surface area contributed by atoms with E-state index < -0.39 is 5.91 Å². The minimum Gasteiger partial charge on any atom is -0.497 e.